The molecule has 0 fully saturated rings. The summed E-state index contributed by atoms with van der Waals surface area (Å²) in [5, 5.41) is 9.62. The summed E-state index contributed by atoms with van der Waals surface area (Å²) >= 11 is 0. The highest BCUT2D eigenvalue weighted by molar-refractivity contribution is 5.71. The predicted octanol–water partition coefficient (Wildman–Crippen LogP) is 15.7. The van der Waals surface area contributed by atoms with Crippen molar-refractivity contribution in [2.75, 3.05) is 47.5 Å². The minimum absolute atomic E-state index is 0.181. The highest BCUT2D eigenvalue weighted by Crippen LogP contribution is 2.13. The molecular formula is C61H100NO8+. The van der Waals surface area contributed by atoms with Gasteiger partial charge in [-0.25, -0.2) is 4.79 Å². The number of ether oxygens (including phenoxy) is 4. The third kappa shape index (κ3) is 51.5. The third-order valence-corrected chi connectivity index (χ3v) is 11.0. The van der Waals surface area contributed by atoms with Crippen LogP contribution >= 0.6 is 0 Å². The summed E-state index contributed by atoms with van der Waals surface area (Å²) in [4.78, 5) is 36.9. The van der Waals surface area contributed by atoms with Crippen molar-refractivity contribution in [3.05, 3.63) is 122 Å². The zero-order chi connectivity index (χ0) is 51.3. The van der Waals surface area contributed by atoms with Crippen LogP contribution in [0.3, 0.4) is 0 Å². The maximum Gasteiger partial charge on any atom is 0.361 e. The van der Waals surface area contributed by atoms with Gasteiger partial charge in [-0.05, 0) is 89.9 Å². The van der Waals surface area contributed by atoms with Crippen LogP contribution in [0, 0.1) is 0 Å². The van der Waals surface area contributed by atoms with E-state index in [4.69, 9.17) is 18.9 Å². The Morgan fingerprint density at radius 3 is 1.21 bits per heavy atom. The number of quaternary nitrogens is 1. The standard InChI is InChI=1S/C61H99NO8/c1-6-8-10-12-14-15-16-17-18-19-20-21-22-23-24-25-26-27-28-29-30-31-32-33-34-35-36-37-38-39-40-41-42-43-44-45-46-48-50-52-59(64)70-57(55-68-58(63)51-49-47-13-11-9-7-2)56-69-61(60(65)66)67-54-53-62(3,4)5/h8,10,14-15,17-18,20-21,23-24,26-27,29-30,32-33,35-36,38-39,57,61H,6-7,9,11-13,16,19,22,25,28,31,34,37,40-56H2,1-5H3/p+1/b10-8-,15-14-,18-17-,21-20-,24-23-,27-26-,30-29-,33-32-,36-35-,39-38-. The second kappa shape index (κ2) is 51.1. The molecule has 2 atom stereocenters. The number of unbranched alkanes of at least 4 members (excludes halogenated alkanes) is 13. The molecule has 0 saturated carbocycles. The number of carboxylic acid groups (broad SMARTS) is 1. The molecule has 1 N–H and O–H groups in total. The Morgan fingerprint density at radius 2 is 0.814 bits per heavy atom. The Morgan fingerprint density at radius 1 is 0.443 bits per heavy atom. The lowest BCUT2D eigenvalue weighted by Crippen LogP contribution is -2.40. The van der Waals surface area contributed by atoms with Crippen LogP contribution < -0.4 is 0 Å². The first-order chi connectivity index (χ1) is 34.1. The van der Waals surface area contributed by atoms with Crippen molar-refractivity contribution >= 4 is 17.9 Å². The Kier molecular flexibility index (Phi) is 47.9. The molecule has 2 unspecified atom stereocenters. The van der Waals surface area contributed by atoms with Gasteiger partial charge in [0.25, 0.3) is 6.29 Å². The highest BCUT2D eigenvalue weighted by Gasteiger charge is 2.25. The molecule has 0 spiro atoms. The summed E-state index contributed by atoms with van der Waals surface area (Å²) in [6, 6.07) is 0. The van der Waals surface area contributed by atoms with Crippen molar-refractivity contribution in [1.29, 1.82) is 0 Å². The molecule has 9 heteroatoms. The first-order valence-electron chi connectivity index (χ1n) is 27.2. The molecule has 0 aliphatic heterocycles. The summed E-state index contributed by atoms with van der Waals surface area (Å²) in [6.45, 7) is 4.65. The van der Waals surface area contributed by atoms with Crippen LogP contribution in [-0.2, 0) is 33.3 Å². The average Bonchev–Trinajstić information content (AvgIpc) is 3.33. The molecule has 0 rings (SSSR count). The fourth-order valence-corrected chi connectivity index (χ4v) is 6.80. The lowest BCUT2D eigenvalue weighted by atomic mass is 10.1. The maximum atomic E-state index is 12.8. The molecule has 70 heavy (non-hydrogen) atoms. The number of nitrogens with zero attached hydrogens (tertiary/aromatic N) is 1. The Bertz CT molecular complexity index is 1560. The molecule has 9 nitrogen and oxygen atoms in total. The number of allylic oxidation sites excluding steroid dienone is 20. The number of carbonyl (C=O) groups excluding carboxylic acids is 2. The van der Waals surface area contributed by atoms with E-state index in [1.54, 1.807) is 0 Å². The Balaban J connectivity index is 4.07. The van der Waals surface area contributed by atoms with Crippen molar-refractivity contribution in [3.63, 3.8) is 0 Å². The fraction of sp³-hybridized carbons (Fsp3) is 0.623. The van der Waals surface area contributed by atoms with Crippen molar-refractivity contribution in [3.8, 4) is 0 Å². The first-order valence-corrected chi connectivity index (χ1v) is 27.2. The van der Waals surface area contributed by atoms with E-state index >= 15 is 0 Å². The van der Waals surface area contributed by atoms with Crippen LogP contribution in [-0.4, -0.2) is 87.4 Å². The molecule has 0 bridgehead atoms. The van der Waals surface area contributed by atoms with Crippen LogP contribution in [0.1, 0.15) is 187 Å². The maximum absolute atomic E-state index is 12.8. The Hall–Kier alpha value is -4.31. The van der Waals surface area contributed by atoms with Gasteiger partial charge in [-0.3, -0.25) is 9.59 Å². The molecule has 0 radical (unpaired) electrons. The first kappa shape index (κ1) is 65.7. The average molecular weight is 975 g/mol. The van der Waals surface area contributed by atoms with Gasteiger partial charge in [-0.15, -0.1) is 0 Å². The summed E-state index contributed by atoms with van der Waals surface area (Å²) in [5.41, 5.74) is 0. The van der Waals surface area contributed by atoms with Crippen LogP contribution in [0.4, 0.5) is 0 Å². The van der Waals surface area contributed by atoms with E-state index in [-0.39, 0.29) is 32.2 Å². The largest absolute Gasteiger partial charge is 0.477 e. The number of hydrogen-bond acceptors (Lipinski definition) is 7. The fourth-order valence-electron chi connectivity index (χ4n) is 6.80. The zero-order valence-corrected chi connectivity index (χ0v) is 44.9. The lowest BCUT2D eigenvalue weighted by molar-refractivity contribution is -0.870. The second-order valence-corrected chi connectivity index (χ2v) is 18.8. The lowest BCUT2D eigenvalue weighted by Gasteiger charge is -2.25. The van der Waals surface area contributed by atoms with E-state index in [0.717, 1.165) is 116 Å². The second-order valence-electron chi connectivity index (χ2n) is 18.8. The smallest absolute Gasteiger partial charge is 0.361 e. The quantitative estimate of drug-likeness (QED) is 0.0211. The number of hydrogen-bond donors (Lipinski definition) is 1. The molecule has 0 aromatic heterocycles. The van der Waals surface area contributed by atoms with E-state index in [1.807, 2.05) is 21.1 Å². The van der Waals surface area contributed by atoms with E-state index in [1.165, 1.54) is 38.5 Å². The van der Waals surface area contributed by atoms with Crippen LogP contribution in [0.2, 0.25) is 0 Å². The van der Waals surface area contributed by atoms with E-state index in [0.29, 0.717) is 23.9 Å². The molecule has 0 amide bonds. The van der Waals surface area contributed by atoms with Crippen LogP contribution in [0.5, 0.6) is 0 Å². The SMILES string of the molecule is CC/C=C\C/C=C\C/C=C\C/C=C\C/C=C\C/C=C\C/C=C\C/C=C\C/C=C\C/C=C\CCCCCCCCCCC(=O)OC(COC(=O)CCCCCCCC)COC(OCC[N+](C)(C)C)C(=O)O. The molecular weight excluding hydrogens is 875 g/mol. The molecule has 0 aliphatic carbocycles. The van der Waals surface area contributed by atoms with Gasteiger partial charge >= 0.3 is 17.9 Å². The van der Waals surface area contributed by atoms with Crippen molar-refractivity contribution in [2.24, 2.45) is 0 Å². The molecule has 0 aliphatic rings. The van der Waals surface area contributed by atoms with Crippen LogP contribution in [0.15, 0.2) is 122 Å². The van der Waals surface area contributed by atoms with Gasteiger partial charge < -0.3 is 28.5 Å². The number of esters is 2. The van der Waals surface area contributed by atoms with Crippen molar-refractivity contribution < 1.29 is 42.9 Å². The third-order valence-electron chi connectivity index (χ3n) is 11.0. The van der Waals surface area contributed by atoms with Gasteiger partial charge in [-0.2, -0.15) is 0 Å². The van der Waals surface area contributed by atoms with E-state index in [9.17, 15) is 19.5 Å². The minimum atomic E-state index is -1.51. The predicted molar refractivity (Wildman–Crippen MR) is 294 cm³/mol. The molecule has 0 heterocycles. The monoisotopic (exact) mass is 975 g/mol. The molecule has 396 valence electrons. The molecule has 0 saturated heterocycles. The van der Waals surface area contributed by atoms with E-state index < -0.39 is 24.3 Å². The number of carboxylic acids is 1. The molecule has 0 aromatic rings. The van der Waals surface area contributed by atoms with Crippen molar-refractivity contribution in [2.45, 2.75) is 200 Å². The van der Waals surface area contributed by atoms with Crippen molar-refractivity contribution in [1.82, 2.24) is 0 Å². The zero-order valence-electron chi connectivity index (χ0n) is 44.9. The number of rotatable bonds is 48. The van der Waals surface area contributed by atoms with Gasteiger partial charge in [0.1, 0.15) is 13.2 Å². The minimum Gasteiger partial charge on any atom is -0.477 e. The number of aliphatic carboxylic acids is 1. The number of carbonyl (C=O) groups is 3. The van der Waals surface area contributed by atoms with Gasteiger partial charge in [-0.1, -0.05) is 206 Å². The van der Waals surface area contributed by atoms with Gasteiger partial charge in [0, 0.05) is 12.8 Å². The Labute approximate surface area is 427 Å². The van der Waals surface area contributed by atoms with Crippen LogP contribution in [0.25, 0.3) is 0 Å². The van der Waals surface area contributed by atoms with E-state index in [2.05, 4.69) is 135 Å². The normalized spacial score (nSPS) is 13.8. The molecule has 0 aromatic carbocycles. The summed E-state index contributed by atoms with van der Waals surface area (Å²) in [6.07, 6.45) is 68.9. The highest BCUT2D eigenvalue weighted by atomic mass is 16.7. The summed E-state index contributed by atoms with van der Waals surface area (Å²) in [7, 11) is 5.94. The topological polar surface area (TPSA) is 108 Å². The summed E-state index contributed by atoms with van der Waals surface area (Å²) in [5.74, 6) is -2.04. The van der Waals surface area contributed by atoms with Gasteiger partial charge in [0.05, 0.1) is 34.4 Å². The van der Waals surface area contributed by atoms with Gasteiger partial charge in [0.2, 0.25) is 0 Å². The summed E-state index contributed by atoms with van der Waals surface area (Å²) < 4.78 is 22.6. The number of likely N-dealkylation sites (N-methyl/N-ethyl adjacent to an activating group) is 1. The van der Waals surface area contributed by atoms with Gasteiger partial charge in [0.15, 0.2) is 6.10 Å².